The highest BCUT2D eigenvalue weighted by molar-refractivity contribution is 5.88. The number of nitrogens with zero attached hydrogens (tertiary/aromatic N) is 3. The molecule has 2 aromatic heterocycles. The van der Waals surface area contributed by atoms with Crippen molar-refractivity contribution >= 4 is 11.8 Å². The Labute approximate surface area is 243 Å². The fourth-order valence-electron chi connectivity index (χ4n) is 4.38. The second kappa shape index (κ2) is 13.0. The first-order valence-electron chi connectivity index (χ1n) is 12.9. The first-order chi connectivity index (χ1) is 20.0. The molecule has 1 aromatic carbocycles. The highest BCUT2D eigenvalue weighted by atomic mass is 19.4. The van der Waals surface area contributed by atoms with Crippen molar-refractivity contribution in [2.45, 2.75) is 64.1 Å². The average molecular weight is 613 g/mol. The van der Waals surface area contributed by atoms with E-state index in [9.17, 15) is 36.2 Å². The van der Waals surface area contributed by atoms with E-state index in [2.05, 4.69) is 28.3 Å². The molecule has 232 valence electrons. The molecule has 0 aliphatic heterocycles. The van der Waals surface area contributed by atoms with E-state index in [0.717, 1.165) is 0 Å². The summed E-state index contributed by atoms with van der Waals surface area (Å²) in [5.74, 6) is -1.78. The molecule has 0 aliphatic carbocycles. The molecular weight excluding hydrogens is 582 g/mol. The van der Waals surface area contributed by atoms with Crippen LogP contribution >= 0.6 is 0 Å². The quantitative estimate of drug-likeness (QED) is 0.148. The maximum absolute atomic E-state index is 14.7. The number of allylic oxidation sites excluding steroid dienone is 2. The number of hydrogen-bond acceptors (Lipinski definition) is 6. The van der Waals surface area contributed by atoms with Crippen molar-refractivity contribution < 1.29 is 45.4 Å². The molecule has 3 aromatic rings. The Kier molecular flexibility index (Phi) is 10.1. The number of aromatic nitrogens is 3. The minimum atomic E-state index is -5.09. The van der Waals surface area contributed by atoms with Crippen LogP contribution in [0.3, 0.4) is 0 Å². The summed E-state index contributed by atoms with van der Waals surface area (Å²) in [7, 11) is 0. The average Bonchev–Trinajstić information content (AvgIpc) is 3.38. The summed E-state index contributed by atoms with van der Waals surface area (Å²) in [6.45, 7) is 9.93. The molecule has 0 bridgehead atoms. The van der Waals surface area contributed by atoms with E-state index in [1.807, 2.05) is 0 Å². The van der Waals surface area contributed by atoms with Crippen molar-refractivity contribution in [1.29, 1.82) is 0 Å². The van der Waals surface area contributed by atoms with Crippen LogP contribution in [0.2, 0.25) is 0 Å². The third-order valence-electron chi connectivity index (χ3n) is 6.45. The SMILES string of the molecule is C=CCC[C@@](OCc1ccccc1)(c1nnc(-c2nc(CC(C)(C)CC=C)c(C(F)(F)F)cc2NC(=O)O)o1)C(F)(F)F. The van der Waals surface area contributed by atoms with Gasteiger partial charge in [-0.25, -0.2) is 9.78 Å². The standard InChI is InChI=1S/C29H30F6N4O4/c1-5-7-14-27(29(33,34)35,42-17-18-11-9-8-10-12-18)24-39-38-23(43-24)22-20(37-25(40)41)15-19(28(30,31)32)21(36-22)16-26(3,4)13-6-2/h5-6,8-12,15,37H,1-2,7,13-14,16-17H2,3-4H3,(H,40,41)/t27-/m1/s1. The van der Waals surface area contributed by atoms with Crippen LogP contribution in [0, 0.1) is 5.41 Å². The molecule has 3 rings (SSSR count). The number of pyridine rings is 1. The topological polar surface area (TPSA) is 110 Å². The number of alkyl halides is 6. The first-order valence-corrected chi connectivity index (χ1v) is 12.9. The number of carboxylic acid groups (broad SMARTS) is 1. The molecule has 0 fully saturated rings. The Morgan fingerprint density at radius 3 is 2.30 bits per heavy atom. The second-order valence-electron chi connectivity index (χ2n) is 10.5. The zero-order chi connectivity index (χ0) is 32.1. The normalized spacial score (nSPS) is 13.8. The molecule has 0 aliphatic rings. The van der Waals surface area contributed by atoms with Crippen LogP contribution in [0.5, 0.6) is 0 Å². The van der Waals surface area contributed by atoms with Crippen molar-refractivity contribution in [3.05, 3.63) is 84.4 Å². The molecule has 0 spiro atoms. The smallest absolute Gasteiger partial charge is 0.426 e. The van der Waals surface area contributed by atoms with Gasteiger partial charge >= 0.3 is 18.4 Å². The summed E-state index contributed by atoms with van der Waals surface area (Å²) in [6, 6.07) is 8.52. The number of hydrogen-bond donors (Lipinski definition) is 2. The van der Waals surface area contributed by atoms with Gasteiger partial charge in [0.25, 0.3) is 11.8 Å². The lowest BCUT2D eigenvalue weighted by Crippen LogP contribution is -2.45. The van der Waals surface area contributed by atoms with Crippen LogP contribution in [-0.2, 0) is 29.5 Å². The van der Waals surface area contributed by atoms with Gasteiger partial charge in [-0.05, 0) is 42.7 Å². The van der Waals surface area contributed by atoms with Crippen LogP contribution in [-0.4, -0.2) is 32.6 Å². The van der Waals surface area contributed by atoms with E-state index in [0.29, 0.717) is 18.1 Å². The first kappa shape index (κ1) is 33.3. The summed E-state index contributed by atoms with van der Waals surface area (Å²) in [5, 5.41) is 18.3. The van der Waals surface area contributed by atoms with Gasteiger partial charge in [-0.3, -0.25) is 5.32 Å². The number of rotatable bonds is 13. The van der Waals surface area contributed by atoms with Crippen LogP contribution in [0.15, 0.2) is 66.1 Å². The van der Waals surface area contributed by atoms with Gasteiger partial charge in [0.15, 0.2) is 5.69 Å². The monoisotopic (exact) mass is 612 g/mol. The van der Waals surface area contributed by atoms with E-state index in [-0.39, 0.29) is 12.8 Å². The maximum atomic E-state index is 14.7. The Morgan fingerprint density at radius 1 is 1.07 bits per heavy atom. The third kappa shape index (κ3) is 8.00. The van der Waals surface area contributed by atoms with Gasteiger partial charge in [-0.2, -0.15) is 26.3 Å². The Hall–Kier alpha value is -4.20. The summed E-state index contributed by atoms with van der Waals surface area (Å²) in [6.07, 6.45) is -9.86. The van der Waals surface area contributed by atoms with Gasteiger partial charge in [0.2, 0.25) is 5.60 Å². The minimum Gasteiger partial charge on any atom is -0.465 e. The molecular formula is C29H30F6N4O4. The molecule has 1 amide bonds. The zero-order valence-corrected chi connectivity index (χ0v) is 23.3. The highest BCUT2D eigenvalue weighted by Gasteiger charge is 2.61. The van der Waals surface area contributed by atoms with Gasteiger partial charge in [0, 0.05) is 0 Å². The Balaban J connectivity index is 2.22. The van der Waals surface area contributed by atoms with Crippen molar-refractivity contribution in [3.8, 4) is 11.6 Å². The predicted molar refractivity (Wildman–Crippen MR) is 145 cm³/mol. The number of anilines is 1. The van der Waals surface area contributed by atoms with E-state index in [1.54, 1.807) is 49.5 Å². The van der Waals surface area contributed by atoms with E-state index in [1.165, 1.54) is 12.2 Å². The fourth-order valence-corrected chi connectivity index (χ4v) is 4.38. The molecule has 14 heteroatoms. The van der Waals surface area contributed by atoms with Crippen molar-refractivity contribution in [1.82, 2.24) is 15.2 Å². The van der Waals surface area contributed by atoms with Crippen LogP contribution < -0.4 is 5.32 Å². The molecule has 2 heterocycles. The lowest BCUT2D eigenvalue weighted by atomic mass is 9.83. The third-order valence-corrected chi connectivity index (χ3v) is 6.45. The minimum absolute atomic E-state index is 0.182. The predicted octanol–water partition coefficient (Wildman–Crippen LogP) is 8.33. The summed E-state index contributed by atoms with van der Waals surface area (Å²) in [4.78, 5) is 15.5. The van der Waals surface area contributed by atoms with Gasteiger partial charge in [0.1, 0.15) is 0 Å². The van der Waals surface area contributed by atoms with E-state index in [4.69, 9.17) is 9.15 Å². The maximum Gasteiger partial charge on any atom is 0.426 e. The number of carbonyl (C=O) groups is 1. The molecule has 0 unspecified atom stereocenters. The number of ether oxygens (including phenoxy) is 1. The molecule has 8 nitrogen and oxygen atoms in total. The number of amides is 1. The van der Waals surface area contributed by atoms with Gasteiger partial charge < -0.3 is 14.3 Å². The van der Waals surface area contributed by atoms with Crippen molar-refractivity contribution in [2.24, 2.45) is 5.41 Å². The molecule has 0 saturated carbocycles. The lowest BCUT2D eigenvalue weighted by molar-refractivity contribution is -0.299. The molecule has 0 saturated heterocycles. The Morgan fingerprint density at radius 2 is 1.74 bits per heavy atom. The zero-order valence-electron chi connectivity index (χ0n) is 23.3. The van der Waals surface area contributed by atoms with E-state index < -0.39 is 76.9 Å². The molecule has 0 radical (unpaired) electrons. The van der Waals surface area contributed by atoms with Gasteiger partial charge in [-0.1, -0.05) is 56.3 Å². The largest absolute Gasteiger partial charge is 0.465 e. The summed E-state index contributed by atoms with van der Waals surface area (Å²) in [5.41, 5.74) is -6.52. The molecule has 2 N–H and O–H groups in total. The number of nitrogens with one attached hydrogen (secondary N) is 1. The number of halogens is 6. The number of benzene rings is 1. The van der Waals surface area contributed by atoms with Crippen LogP contribution in [0.4, 0.5) is 36.8 Å². The molecule has 1 atom stereocenters. The Bertz CT molecular complexity index is 1440. The van der Waals surface area contributed by atoms with Gasteiger partial charge in [-0.15, -0.1) is 23.4 Å². The lowest BCUT2D eigenvalue weighted by Gasteiger charge is -2.32. The molecule has 43 heavy (non-hydrogen) atoms. The second-order valence-corrected chi connectivity index (χ2v) is 10.5. The summed E-state index contributed by atoms with van der Waals surface area (Å²) >= 11 is 0. The highest BCUT2D eigenvalue weighted by Crippen LogP contribution is 2.47. The van der Waals surface area contributed by atoms with Crippen molar-refractivity contribution in [2.75, 3.05) is 5.32 Å². The fraction of sp³-hybridized carbons (Fsp3) is 0.379. The summed E-state index contributed by atoms with van der Waals surface area (Å²) < 4.78 is 97.2. The van der Waals surface area contributed by atoms with Crippen LogP contribution in [0.25, 0.3) is 11.6 Å². The van der Waals surface area contributed by atoms with Gasteiger partial charge in [0.05, 0.1) is 23.6 Å². The van der Waals surface area contributed by atoms with Crippen molar-refractivity contribution in [3.63, 3.8) is 0 Å². The van der Waals surface area contributed by atoms with E-state index >= 15 is 0 Å². The van der Waals surface area contributed by atoms with Crippen LogP contribution in [0.1, 0.15) is 55.8 Å².